The summed E-state index contributed by atoms with van der Waals surface area (Å²) in [6.45, 7) is 2.26. The van der Waals surface area contributed by atoms with Crippen LogP contribution in [0.1, 0.15) is 55.6 Å². The zero-order valence-corrected chi connectivity index (χ0v) is 11.9. The molecule has 3 atom stereocenters. The Morgan fingerprint density at radius 3 is 2.53 bits per heavy atom. The Kier molecular flexibility index (Phi) is 2.91. The molecule has 0 radical (unpaired) electrons. The molecule has 4 rings (SSSR count). The molecule has 0 amide bonds. The van der Waals surface area contributed by atoms with Crippen LogP contribution in [-0.2, 0) is 0 Å². The largest absolute Gasteiger partial charge is 0.311 e. The third kappa shape index (κ3) is 2.12. The van der Waals surface area contributed by atoms with E-state index >= 15 is 0 Å². The minimum atomic E-state index is 0.800. The van der Waals surface area contributed by atoms with E-state index in [9.17, 15) is 0 Å². The number of aryl methyl sites for hydroxylation is 1. The van der Waals surface area contributed by atoms with E-state index in [0.717, 1.165) is 29.8 Å². The maximum absolute atomic E-state index is 3.97. The van der Waals surface area contributed by atoms with Crippen LogP contribution < -0.4 is 5.32 Å². The normalized spacial score (nSPS) is 40.4. The van der Waals surface area contributed by atoms with Crippen molar-refractivity contribution in [1.82, 2.24) is 5.32 Å². The van der Waals surface area contributed by atoms with Gasteiger partial charge in [0, 0.05) is 12.1 Å². The lowest BCUT2D eigenvalue weighted by atomic mass is 9.74. The SMILES string of the molecule is Cc1ccccc1C1CC(NC2CC3CCC2C3)C1. The van der Waals surface area contributed by atoms with Gasteiger partial charge in [-0.1, -0.05) is 30.7 Å². The lowest BCUT2D eigenvalue weighted by Crippen LogP contribution is -2.47. The molecule has 19 heavy (non-hydrogen) atoms. The molecule has 2 bridgehead atoms. The summed E-state index contributed by atoms with van der Waals surface area (Å²) in [5, 5.41) is 3.97. The van der Waals surface area contributed by atoms with Gasteiger partial charge in [-0.15, -0.1) is 0 Å². The topological polar surface area (TPSA) is 12.0 Å². The van der Waals surface area contributed by atoms with E-state index in [2.05, 4.69) is 36.5 Å². The van der Waals surface area contributed by atoms with Gasteiger partial charge >= 0.3 is 0 Å². The first-order valence-corrected chi connectivity index (χ1v) is 8.11. The molecule has 0 aromatic heterocycles. The summed E-state index contributed by atoms with van der Waals surface area (Å²) < 4.78 is 0. The third-order valence-corrected chi connectivity index (χ3v) is 5.95. The summed E-state index contributed by atoms with van der Waals surface area (Å²) >= 11 is 0. The molecular formula is C18H25N. The molecular weight excluding hydrogens is 230 g/mol. The van der Waals surface area contributed by atoms with Gasteiger partial charge in [0.05, 0.1) is 0 Å². The van der Waals surface area contributed by atoms with Crippen molar-refractivity contribution in [1.29, 1.82) is 0 Å². The van der Waals surface area contributed by atoms with E-state index < -0.39 is 0 Å². The first-order valence-electron chi connectivity index (χ1n) is 8.11. The zero-order chi connectivity index (χ0) is 12.8. The fourth-order valence-electron chi connectivity index (χ4n) is 4.80. The first kappa shape index (κ1) is 12.0. The third-order valence-electron chi connectivity index (χ3n) is 5.95. The van der Waals surface area contributed by atoms with Crippen molar-refractivity contribution in [2.24, 2.45) is 11.8 Å². The molecule has 1 aromatic rings. The summed E-state index contributed by atoms with van der Waals surface area (Å²) in [4.78, 5) is 0. The fraction of sp³-hybridized carbons (Fsp3) is 0.667. The van der Waals surface area contributed by atoms with Crippen LogP contribution >= 0.6 is 0 Å². The number of nitrogens with one attached hydrogen (secondary N) is 1. The minimum Gasteiger partial charge on any atom is -0.311 e. The van der Waals surface area contributed by atoms with Gasteiger partial charge in [-0.2, -0.15) is 0 Å². The van der Waals surface area contributed by atoms with E-state index in [4.69, 9.17) is 0 Å². The summed E-state index contributed by atoms with van der Waals surface area (Å²) in [6, 6.07) is 10.6. The lowest BCUT2D eigenvalue weighted by molar-refractivity contribution is 0.229. The maximum atomic E-state index is 3.97. The van der Waals surface area contributed by atoms with Crippen molar-refractivity contribution in [3.8, 4) is 0 Å². The van der Waals surface area contributed by atoms with Gasteiger partial charge in [0.25, 0.3) is 0 Å². The Morgan fingerprint density at radius 2 is 1.84 bits per heavy atom. The predicted octanol–water partition coefficient (Wildman–Crippen LogP) is 4.02. The highest BCUT2D eigenvalue weighted by Crippen LogP contribution is 2.46. The van der Waals surface area contributed by atoms with E-state index in [0.29, 0.717) is 0 Å². The molecule has 0 saturated heterocycles. The maximum Gasteiger partial charge on any atom is 0.0101 e. The number of hydrogen-bond acceptors (Lipinski definition) is 1. The molecule has 1 heteroatoms. The molecule has 1 N–H and O–H groups in total. The molecule has 3 fully saturated rings. The van der Waals surface area contributed by atoms with Gasteiger partial charge in [-0.25, -0.2) is 0 Å². The van der Waals surface area contributed by atoms with Crippen molar-refractivity contribution in [2.45, 2.75) is 63.5 Å². The highest BCUT2D eigenvalue weighted by atomic mass is 15.0. The second-order valence-electron chi connectivity index (χ2n) is 7.17. The Hall–Kier alpha value is -0.820. The molecule has 1 aromatic carbocycles. The first-order chi connectivity index (χ1) is 9.29. The van der Waals surface area contributed by atoms with E-state index in [1.807, 2.05) is 0 Å². The van der Waals surface area contributed by atoms with Crippen LogP contribution in [0.2, 0.25) is 0 Å². The highest BCUT2D eigenvalue weighted by molar-refractivity contribution is 5.31. The molecule has 3 unspecified atom stereocenters. The van der Waals surface area contributed by atoms with Crippen LogP contribution in [0.5, 0.6) is 0 Å². The van der Waals surface area contributed by atoms with E-state index in [-0.39, 0.29) is 0 Å². The molecule has 102 valence electrons. The molecule has 0 heterocycles. The van der Waals surface area contributed by atoms with Crippen molar-refractivity contribution in [3.63, 3.8) is 0 Å². The second kappa shape index (κ2) is 4.63. The smallest absolute Gasteiger partial charge is 0.0101 e. The van der Waals surface area contributed by atoms with Gasteiger partial charge in [-0.05, 0) is 67.9 Å². The Balaban J connectivity index is 1.32. The van der Waals surface area contributed by atoms with Crippen LogP contribution in [0.4, 0.5) is 0 Å². The average Bonchev–Trinajstić information content (AvgIpc) is 2.96. The van der Waals surface area contributed by atoms with Crippen molar-refractivity contribution < 1.29 is 0 Å². The fourth-order valence-corrected chi connectivity index (χ4v) is 4.80. The number of fused-ring (bicyclic) bond motifs is 2. The van der Waals surface area contributed by atoms with E-state index in [1.165, 1.54) is 44.1 Å². The molecule has 1 nitrogen and oxygen atoms in total. The van der Waals surface area contributed by atoms with Gasteiger partial charge in [-0.3, -0.25) is 0 Å². The lowest BCUT2D eigenvalue weighted by Gasteiger charge is -2.40. The number of hydrogen-bond donors (Lipinski definition) is 1. The van der Waals surface area contributed by atoms with Crippen molar-refractivity contribution in [2.75, 3.05) is 0 Å². The summed E-state index contributed by atoms with van der Waals surface area (Å²) in [5.41, 5.74) is 3.07. The number of rotatable bonds is 3. The summed E-state index contributed by atoms with van der Waals surface area (Å²) in [5.74, 6) is 2.90. The van der Waals surface area contributed by atoms with Crippen molar-refractivity contribution >= 4 is 0 Å². The van der Waals surface area contributed by atoms with Gasteiger partial charge < -0.3 is 5.32 Å². The van der Waals surface area contributed by atoms with Crippen LogP contribution in [0.25, 0.3) is 0 Å². The summed E-state index contributed by atoms with van der Waals surface area (Å²) in [7, 11) is 0. The second-order valence-corrected chi connectivity index (χ2v) is 7.17. The van der Waals surface area contributed by atoms with Gasteiger partial charge in [0.15, 0.2) is 0 Å². The Labute approximate surface area is 116 Å². The molecule has 3 saturated carbocycles. The van der Waals surface area contributed by atoms with Crippen LogP contribution in [-0.4, -0.2) is 12.1 Å². The average molecular weight is 255 g/mol. The van der Waals surface area contributed by atoms with Crippen LogP contribution in [0.15, 0.2) is 24.3 Å². The van der Waals surface area contributed by atoms with Crippen LogP contribution in [0, 0.1) is 18.8 Å². The monoisotopic (exact) mass is 255 g/mol. The summed E-state index contributed by atoms with van der Waals surface area (Å²) in [6.07, 6.45) is 8.72. The van der Waals surface area contributed by atoms with Gasteiger partial charge in [0.2, 0.25) is 0 Å². The molecule has 3 aliphatic carbocycles. The molecule has 3 aliphatic rings. The Bertz CT molecular complexity index is 461. The van der Waals surface area contributed by atoms with Gasteiger partial charge in [0.1, 0.15) is 0 Å². The van der Waals surface area contributed by atoms with Crippen molar-refractivity contribution in [3.05, 3.63) is 35.4 Å². The molecule has 0 spiro atoms. The van der Waals surface area contributed by atoms with E-state index in [1.54, 1.807) is 5.56 Å². The predicted molar refractivity (Wildman–Crippen MR) is 79.3 cm³/mol. The number of benzene rings is 1. The Morgan fingerprint density at radius 1 is 1.00 bits per heavy atom. The standard InChI is InChI=1S/C18H25N/c1-12-4-2-3-5-17(12)15-10-16(11-15)19-18-9-13-6-7-14(18)8-13/h2-5,13-16,18-19H,6-11H2,1H3. The zero-order valence-electron chi connectivity index (χ0n) is 11.9. The molecule has 0 aliphatic heterocycles. The minimum absolute atomic E-state index is 0.800. The van der Waals surface area contributed by atoms with Crippen LogP contribution in [0.3, 0.4) is 0 Å². The highest BCUT2D eigenvalue weighted by Gasteiger charge is 2.42. The quantitative estimate of drug-likeness (QED) is 0.860.